The fraction of sp³-hybridized carbons (Fsp3) is 0.471. The Morgan fingerprint density at radius 2 is 1.96 bits per heavy atom. The molecule has 0 aliphatic carbocycles. The van der Waals surface area contributed by atoms with E-state index < -0.39 is 6.09 Å². The predicted molar refractivity (Wildman–Crippen MR) is 86.3 cm³/mol. The summed E-state index contributed by atoms with van der Waals surface area (Å²) < 4.78 is 4.67. The quantitative estimate of drug-likeness (QED) is 0.796. The van der Waals surface area contributed by atoms with Gasteiger partial charge in [0.25, 0.3) is 5.91 Å². The zero-order chi connectivity index (χ0) is 16.9. The smallest absolute Gasteiger partial charge is 0.417 e. The van der Waals surface area contributed by atoms with Gasteiger partial charge in [-0.2, -0.15) is 0 Å². The Morgan fingerprint density at radius 3 is 2.62 bits per heavy atom. The molecule has 4 amide bonds. The molecule has 0 atom stereocenters. The fourth-order valence-corrected chi connectivity index (χ4v) is 2.91. The van der Waals surface area contributed by atoms with Crippen LogP contribution in [0.1, 0.15) is 12.0 Å². The molecule has 0 aromatic heterocycles. The number of benzene rings is 1. The highest BCUT2D eigenvalue weighted by molar-refractivity contribution is 5.97. The molecule has 0 saturated carbocycles. The van der Waals surface area contributed by atoms with Gasteiger partial charge in [0, 0.05) is 32.1 Å². The second-order valence-electron chi connectivity index (χ2n) is 6.15. The first-order valence-corrected chi connectivity index (χ1v) is 8.17. The molecule has 24 heavy (non-hydrogen) atoms. The molecule has 2 heterocycles. The first-order chi connectivity index (χ1) is 11.6. The molecule has 0 spiro atoms. The molecule has 3 rings (SSSR count). The van der Waals surface area contributed by atoms with E-state index in [1.54, 1.807) is 4.90 Å². The molecular weight excluding hydrogens is 310 g/mol. The Hall–Kier alpha value is -2.57. The van der Waals surface area contributed by atoms with Crippen molar-refractivity contribution in [1.29, 1.82) is 0 Å². The Labute approximate surface area is 140 Å². The Morgan fingerprint density at radius 1 is 1.21 bits per heavy atom. The number of hydrogen-bond donors (Lipinski definition) is 1. The van der Waals surface area contributed by atoms with Crippen molar-refractivity contribution in [3.05, 3.63) is 35.9 Å². The number of urea groups is 1. The summed E-state index contributed by atoms with van der Waals surface area (Å²) in [6.07, 6.45) is 1.24. The normalized spacial score (nSPS) is 17.7. The zero-order valence-corrected chi connectivity index (χ0v) is 13.4. The standard InChI is InChI=1S/C17H21N3O4/c21-15-12-24-17(23)20(15)11-14-9-19(10-14)16(22)18-8-4-7-13-5-2-1-3-6-13/h1-3,5-6,14H,4,7-12H2,(H,18,22). The van der Waals surface area contributed by atoms with E-state index in [-0.39, 0.29) is 24.5 Å². The third-order valence-corrected chi connectivity index (χ3v) is 4.29. The average molecular weight is 331 g/mol. The van der Waals surface area contributed by atoms with Crippen LogP contribution in [0.2, 0.25) is 0 Å². The van der Waals surface area contributed by atoms with Crippen molar-refractivity contribution in [3.8, 4) is 0 Å². The Bertz CT molecular complexity index is 598. The van der Waals surface area contributed by atoms with E-state index in [1.165, 1.54) is 5.56 Å². The lowest BCUT2D eigenvalue weighted by atomic mass is 10.0. The van der Waals surface area contributed by atoms with Gasteiger partial charge in [-0.15, -0.1) is 0 Å². The third-order valence-electron chi connectivity index (χ3n) is 4.29. The lowest BCUT2D eigenvalue weighted by molar-refractivity contribution is -0.126. The van der Waals surface area contributed by atoms with Crippen LogP contribution in [0, 0.1) is 5.92 Å². The van der Waals surface area contributed by atoms with Gasteiger partial charge in [-0.1, -0.05) is 30.3 Å². The van der Waals surface area contributed by atoms with Crippen LogP contribution >= 0.6 is 0 Å². The van der Waals surface area contributed by atoms with Crippen LogP contribution in [0.3, 0.4) is 0 Å². The number of nitrogens with one attached hydrogen (secondary N) is 1. The minimum Gasteiger partial charge on any atom is -0.439 e. The highest BCUT2D eigenvalue weighted by atomic mass is 16.6. The molecule has 1 N–H and O–H groups in total. The van der Waals surface area contributed by atoms with Crippen LogP contribution in [0.15, 0.2) is 30.3 Å². The van der Waals surface area contributed by atoms with Gasteiger partial charge in [0.1, 0.15) is 0 Å². The number of hydrogen-bond acceptors (Lipinski definition) is 4. The largest absolute Gasteiger partial charge is 0.439 e. The van der Waals surface area contributed by atoms with E-state index in [1.807, 2.05) is 18.2 Å². The van der Waals surface area contributed by atoms with Crippen LogP contribution in [0.4, 0.5) is 9.59 Å². The lowest BCUT2D eigenvalue weighted by Crippen LogP contribution is -2.57. The zero-order valence-electron chi connectivity index (χ0n) is 13.4. The SMILES string of the molecule is O=C(NCCCc1ccccc1)N1CC(CN2C(=O)COC2=O)C1. The maximum Gasteiger partial charge on any atom is 0.417 e. The lowest BCUT2D eigenvalue weighted by Gasteiger charge is -2.40. The maximum atomic E-state index is 12.0. The van der Waals surface area contributed by atoms with Gasteiger partial charge in [0.2, 0.25) is 0 Å². The first kappa shape index (κ1) is 16.3. The second kappa shape index (κ2) is 7.33. The summed E-state index contributed by atoms with van der Waals surface area (Å²) >= 11 is 0. The Balaban J connectivity index is 1.30. The van der Waals surface area contributed by atoms with Crippen LogP contribution < -0.4 is 5.32 Å². The van der Waals surface area contributed by atoms with Crippen molar-refractivity contribution in [2.75, 3.05) is 32.8 Å². The minimum absolute atomic E-state index is 0.0883. The highest BCUT2D eigenvalue weighted by Gasteiger charge is 2.38. The number of nitrogens with zero attached hydrogens (tertiary/aromatic N) is 2. The van der Waals surface area contributed by atoms with E-state index in [4.69, 9.17) is 0 Å². The molecule has 1 aromatic rings. The van der Waals surface area contributed by atoms with Crippen molar-refractivity contribution in [1.82, 2.24) is 15.1 Å². The molecule has 0 radical (unpaired) electrons. The van der Waals surface area contributed by atoms with Crippen molar-refractivity contribution in [2.24, 2.45) is 5.92 Å². The highest BCUT2D eigenvalue weighted by Crippen LogP contribution is 2.19. The third kappa shape index (κ3) is 3.84. The van der Waals surface area contributed by atoms with E-state index in [0.717, 1.165) is 17.7 Å². The first-order valence-electron chi connectivity index (χ1n) is 8.17. The number of ether oxygens (including phenoxy) is 1. The van der Waals surface area contributed by atoms with Crippen molar-refractivity contribution >= 4 is 18.0 Å². The summed E-state index contributed by atoms with van der Waals surface area (Å²) in [5, 5.41) is 2.90. The van der Waals surface area contributed by atoms with Gasteiger partial charge in [-0.3, -0.25) is 4.79 Å². The summed E-state index contributed by atoms with van der Waals surface area (Å²) in [4.78, 5) is 37.6. The number of carbonyl (C=O) groups is 3. The summed E-state index contributed by atoms with van der Waals surface area (Å²) in [6, 6.07) is 10.1. The summed E-state index contributed by atoms with van der Waals surface area (Å²) in [5.41, 5.74) is 1.26. The van der Waals surface area contributed by atoms with E-state index >= 15 is 0 Å². The summed E-state index contributed by atoms with van der Waals surface area (Å²) in [6.45, 7) is 1.90. The van der Waals surface area contributed by atoms with Crippen LogP contribution in [-0.4, -0.2) is 60.6 Å². The van der Waals surface area contributed by atoms with Gasteiger partial charge in [-0.25, -0.2) is 14.5 Å². The van der Waals surface area contributed by atoms with Crippen molar-refractivity contribution < 1.29 is 19.1 Å². The van der Waals surface area contributed by atoms with Crippen molar-refractivity contribution in [3.63, 3.8) is 0 Å². The van der Waals surface area contributed by atoms with Crippen molar-refractivity contribution in [2.45, 2.75) is 12.8 Å². The average Bonchev–Trinajstić information content (AvgIpc) is 2.86. The molecule has 7 nitrogen and oxygen atoms in total. The molecule has 2 fully saturated rings. The number of carbonyl (C=O) groups excluding carboxylic acids is 3. The molecule has 1 aromatic carbocycles. The molecule has 0 unspecified atom stereocenters. The number of rotatable bonds is 6. The number of cyclic esters (lactones) is 1. The predicted octanol–water partition coefficient (Wildman–Crippen LogP) is 1.24. The van der Waals surface area contributed by atoms with Gasteiger partial charge in [0.05, 0.1) is 0 Å². The molecule has 0 bridgehead atoms. The second-order valence-corrected chi connectivity index (χ2v) is 6.15. The van der Waals surface area contributed by atoms with E-state index in [2.05, 4.69) is 22.2 Å². The van der Waals surface area contributed by atoms with Gasteiger partial charge >= 0.3 is 12.1 Å². The molecule has 7 heteroatoms. The van der Waals surface area contributed by atoms with Gasteiger partial charge in [0.15, 0.2) is 6.61 Å². The molecule has 2 saturated heterocycles. The van der Waals surface area contributed by atoms with Gasteiger partial charge in [-0.05, 0) is 18.4 Å². The fourth-order valence-electron chi connectivity index (χ4n) is 2.91. The molecule has 128 valence electrons. The monoisotopic (exact) mass is 331 g/mol. The van der Waals surface area contributed by atoms with Crippen LogP contribution in [-0.2, 0) is 16.0 Å². The van der Waals surface area contributed by atoms with Crippen LogP contribution in [0.5, 0.6) is 0 Å². The topological polar surface area (TPSA) is 79.0 Å². The number of imide groups is 1. The van der Waals surface area contributed by atoms with Crippen LogP contribution in [0.25, 0.3) is 0 Å². The Kier molecular flexibility index (Phi) is 4.98. The van der Waals surface area contributed by atoms with Gasteiger partial charge < -0.3 is 15.0 Å². The van der Waals surface area contributed by atoms with E-state index in [9.17, 15) is 14.4 Å². The molecular formula is C17H21N3O4. The maximum absolute atomic E-state index is 12.0. The summed E-state index contributed by atoms with van der Waals surface area (Å²) in [5.74, 6) is -0.168. The molecule has 2 aliphatic heterocycles. The molecule has 2 aliphatic rings. The number of likely N-dealkylation sites (tertiary alicyclic amines) is 1. The minimum atomic E-state index is -0.580. The number of aryl methyl sites for hydroxylation is 1. The van der Waals surface area contributed by atoms with E-state index in [0.29, 0.717) is 26.2 Å². The number of amides is 4. The summed E-state index contributed by atoms with van der Waals surface area (Å²) in [7, 11) is 0.